The lowest BCUT2D eigenvalue weighted by molar-refractivity contribution is -0.134. The topological polar surface area (TPSA) is 71.1 Å². The molecule has 0 fully saturated rings. The van der Waals surface area contributed by atoms with Gasteiger partial charge in [-0.1, -0.05) is 25.1 Å². The number of hydrogen-bond acceptors (Lipinski definition) is 6. The van der Waals surface area contributed by atoms with Crippen molar-refractivity contribution in [2.45, 2.75) is 33.3 Å². The molecule has 0 heterocycles. The average Bonchev–Trinajstić information content (AvgIpc) is 2.71. The maximum Gasteiger partial charge on any atom is 0.310 e. The Labute approximate surface area is 171 Å². The standard InChI is InChI=1S/C23H26O6/c1-6-22(25)29-21-14-18(27-5)13-20(28-15(2)3)23(21)19(24)12-9-16-7-10-17(26-4)11-8-16/h7-15H,6H2,1-5H3/b12-9+. The predicted octanol–water partition coefficient (Wildman–Crippen LogP) is 4.70. The summed E-state index contributed by atoms with van der Waals surface area (Å²) in [4.78, 5) is 24.9. The molecule has 6 heteroatoms. The lowest BCUT2D eigenvalue weighted by Crippen LogP contribution is -2.13. The van der Waals surface area contributed by atoms with Crippen LogP contribution in [0.25, 0.3) is 6.08 Å². The molecule has 0 spiro atoms. The summed E-state index contributed by atoms with van der Waals surface area (Å²) in [6.45, 7) is 5.37. The van der Waals surface area contributed by atoms with Gasteiger partial charge in [0.05, 0.1) is 20.3 Å². The van der Waals surface area contributed by atoms with E-state index in [9.17, 15) is 9.59 Å². The molecule has 2 aromatic carbocycles. The van der Waals surface area contributed by atoms with Crippen molar-refractivity contribution < 1.29 is 28.5 Å². The molecular weight excluding hydrogens is 372 g/mol. The van der Waals surface area contributed by atoms with Gasteiger partial charge in [-0.3, -0.25) is 9.59 Å². The molecule has 0 aliphatic rings. The molecule has 29 heavy (non-hydrogen) atoms. The minimum Gasteiger partial charge on any atom is -0.497 e. The van der Waals surface area contributed by atoms with Crippen molar-refractivity contribution in [3.05, 3.63) is 53.6 Å². The molecule has 0 aliphatic carbocycles. The van der Waals surface area contributed by atoms with Gasteiger partial charge in [-0.05, 0) is 37.6 Å². The first-order valence-electron chi connectivity index (χ1n) is 9.33. The quantitative estimate of drug-likeness (QED) is 0.264. The van der Waals surface area contributed by atoms with Crippen LogP contribution in [0.4, 0.5) is 0 Å². The first-order valence-corrected chi connectivity index (χ1v) is 9.33. The van der Waals surface area contributed by atoms with Crippen LogP contribution in [0.3, 0.4) is 0 Å². The van der Waals surface area contributed by atoms with Gasteiger partial charge in [0.15, 0.2) is 5.78 Å². The van der Waals surface area contributed by atoms with E-state index in [0.29, 0.717) is 11.5 Å². The molecule has 154 valence electrons. The molecule has 0 radical (unpaired) electrons. The minimum atomic E-state index is -0.457. The number of esters is 1. The maximum absolute atomic E-state index is 13.0. The molecule has 0 bridgehead atoms. The maximum atomic E-state index is 13.0. The summed E-state index contributed by atoms with van der Waals surface area (Å²) in [5.41, 5.74) is 0.997. The number of carbonyl (C=O) groups is 2. The van der Waals surface area contributed by atoms with E-state index >= 15 is 0 Å². The Bertz CT molecular complexity index is 881. The number of methoxy groups -OCH3 is 2. The SMILES string of the molecule is CCC(=O)Oc1cc(OC)cc(OC(C)C)c1C(=O)/C=C/c1ccc(OC)cc1. The fraction of sp³-hybridized carbons (Fsp3) is 0.304. The van der Waals surface area contributed by atoms with E-state index in [2.05, 4.69) is 0 Å². The zero-order chi connectivity index (χ0) is 21.4. The number of ketones is 1. The zero-order valence-electron chi connectivity index (χ0n) is 17.4. The molecule has 6 nitrogen and oxygen atoms in total. The normalized spacial score (nSPS) is 10.8. The van der Waals surface area contributed by atoms with Crippen LogP contribution in [-0.2, 0) is 4.79 Å². The second kappa shape index (κ2) is 10.3. The van der Waals surface area contributed by atoms with Gasteiger partial charge in [0.25, 0.3) is 0 Å². The highest BCUT2D eigenvalue weighted by atomic mass is 16.5. The van der Waals surface area contributed by atoms with Crippen molar-refractivity contribution in [3.63, 3.8) is 0 Å². The number of hydrogen-bond donors (Lipinski definition) is 0. The molecule has 0 aromatic heterocycles. The van der Waals surface area contributed by atoms with E-state index in [0.717, 1.165) is 11.3 Å². The molecule has 0 saturated heterocycles. The van der Waals surface area contributed by atoms with E-state index in [1.54, 1.807) is 38.3 Å². The molecule has 0 saturated carbocycles. The zero-order valence-corrected chi connectivity index (χ0v) is 17.4. The molecule has 2 aromatic rings. The number of ether oxygens (including phenoxy) is 4. The smallest absolute Gasteiger partial charge is 0.310 e. The Hall–Kier alpha value is -3.28. The highest BCUT2D eigenvalue weighted by Gasteiger charge is 2.22. The monoisotopic (exact) mass is 398 g/mol. The van der Waals surface area contributed by atoms with Crippen LogP contribution in [0.5, 0.6) is 23.0 Å². The largest absolute Gasteiger partial charge is 0.497 e. The second-order valence-electron chi connectivity index (χ2n) is 6.46. The van der Waals surface area contributed by atoms with Crippen LogP contribution in [0.15, 0.2) is 42.5 Å². The summed E-state index contributed by atoms with van der Waals surface area (Å²) < 4.78 is 21.6. The van der Waals surface area contributed by atoms with Crippen molar-refractivity contribution >= 4 is 17.8 Å². The summed E-state index contributed by atoms with van der Waals surface area (Å²) in [5.74, 6) is 0.749. The van der Waals surface area contributed by atoms with Crippen LogP contribution in [-0.4, -0.2) is 32.1 Å². The summed E-state index contributed by atoms with van der Waals surface area (Å²) in [5, 5.41) is 0. The number of allylic oxidation sites excluding steroid dienone is 1. The summed E-state index contributed by atoms with van der Waals surface area (Å²) in [6.07, 6.45) is 3.08. The lowest BCUT2D eigenvalue weighted by Gasteiger charge is -2.17. The Morgan fingerprint density at radius 1 is 0.966 bits per heavy atom. The van der Waals surface area contributed by atoms with Crippen molar-refractivity contribution in [3.8, 4) is 23.0 Å². The van der Waals surface area contributed by atoms with Crippen LogP contribution in [0.2, 0.25) is 0 Å². The molecule has 2 rings (SSSR count). The second-order valence-corrected chi connectivity index (χ2v) is 6.46. The van der Waals surface area contributed by atoms with Crippen LogP contribution < -0.4 is 18.9 Å². The minimum absolute atomic E-state index is 0.108. The van der Waals surface area contributed by atoms with Gasteiger partial charge in [0, 0.05) is 18.6 Å². The molecular formula is C23H26O6. The average molecular weight is 398 g/mol. The van der Waals surface area contributed by atoms with Gasteiger partial charge < -0.3 is 18.9 Å². The molecule has 0 atom stereocenters. The number of carbonyl (C=O) groups excluding carboxylic acids is 2. The van der Waals surface area contributed by atoms with E-state index in [4.69, 9.17) is 18.9 Å². The van der Waals surface area contributed by atoms with E-state index < -0.39 is 5.97 Å². The Balaban J connectivity index is 2.45. The van der Waals surface area contributed by atoms with Crippen molar-refractivity contribution in [1.82, 2.24) is 0 Å². The third-order valence-electron chi connectivity index (χ3n) is 3.94. The van der Waals surface area contributed by atoms with Gasteiger partial charge >= 0.3 is 5.97 Å². The van der Waals surface area contributed by atoms with E-state index in [1.807, 2.05) is 26.0 Å². The molecule has 0 aliphatic heterocycles. The van der Waals surface area contributed by atoms with E-state index in [1.165, 1.54) is 19.3 Å². The van der Waals surface area contributed by atoms with Gasteiger partial charge in [0.1, 0.15) is 28.6 Å². The van der Waals surface area contributed by atoms with Crippen molar-refractivity contribution in [2.24, 2.45) is 0 Å². The van der Waals surface area contributed by atoms with Gasteiger partial charge in [-0.2, -0.15) is 0 Å². The first kappa shape index (κ1) is 22.0. The number of benzene rings is 2. The highest BCUT2D eigenvalue weighted by Crippen LogP contribution is 2.36. The van der Waals surface area contributed by atoms with Gasteiger partial charge in [-0.25, -0.2) is 0 Å². The van der Waals surface area contributed by atoms with Gasteiger partial charge in [-0.15, -0.1) is 0 Å². The van der Waals surface area contributed by atoms with Crippen LogP contribution in [0, 0.1) is 0 Å². The third kappa shape index (κ3) is 6.10. The Morgan fingerprint density at radius 2 is 1.59 bits per heavy atom. The third-order valence-corrected chi connectivity index (χ3v) is 3.94. The van der Waals surface area contributed by atoms with Crippen molar-refractivity contribution in [2.75, 3.05) is 14.2 Å². The molecule has 0 amide bonds. The molecule has 0 N–H and O–H groups in total. The summed E-state index contributed by atoms with van der Waals surface area (Å²) >= 11 is 0. The Kier molecular flexibility index (Phi) is 7.83. The van der Waals surface area contributed by atoms with Crippen LogP contribution >= 0.6 is 0 Å². The lowest BCUT2D eigenvalue weighted by atomic mass is 10.1. The fourth-order valence-electron chi connectivity index (χ4n) is 2.52. The first-order chi connectivity index (χ1) is 13.9. The molecule has 0 unspecified atom stereocenters. The number of rotatable bonds is 9. The fourth-order valence-corrected chi connectivity index (χ4v) is 2.52. The van der Waals surface area contributed by atoms with Gasteiger partial charge in [0.2, 0.25) is 0 Å². The predicted molar refractivity (Wildman–Crippen MR) is 111 cm³/mol. The van der Waals surface area contributed by atoms with Crippen molar-refractivity contribution in [1.29, 1.82) is 0 Å². The van der Waals surface area contributed by atoms with Crippen LogP contribution in [0.1, 0.15) is 43.1 Å². The summed E-state index contributed by atoms with van der Waals surface area (Å²) in [6, 6.07) is 10.4. The Morgan fingerprint density at radius 3 is 2.14 bits per heavy atom. The van der Waals surface area contributed by atoms with E-state index in [-0.39, 0.29) is 29.6 Å². The highest BCUT2D eigenvalue weighted by molar-refractivity contribution is 6.11. The summed E-state index contributed by atoms with van der Waals surface area (Å²) in [7, 11) is 3.08.